The number of sulfone groups is 1. The largest absolute Gasteiger partial charge is 0.486 e. The highest BCUT2D eigenvalue weighted by atomic mass is 32.2. The van der Waals surface area contributed by atoms with Gasteiger partial charge in [0.1, 0.15) is 18.1 Å². The van der Waals surface area contributed by atoms with Gasteiger partial charge in [0.25, 0.3) is 5.91 Å². The molecule has 0 aliphatic heterocycles. The van der Waals surface area contributed by atoms with Crippen molar-refractivity contribution in [2.45, 2.75) is 11.5 Å². The molecule has 150 valence electrons. The number of para-hydroxylation sites is 1. The predicted molar refractivity (Wildman–Crippen MR) is 104 cm³/mol. The highest BCUT2D eigenvalue weighted by molar-refractivity contribution is 7.90. The molecule has 9 heteroatoms. The van der Waals surface area contributed by atoms with E-state index in [9.17, 15) is 18.0 Å². The van der Waals surface area contributed by atoms with E-state index in [0.717, 1.165) is 6.26 Å². The van der Waals surface area contributed by atoms with Crippen molar-refractivity contribution >= 4 is 21.7 Å². The molecule has 29 heavy (non-hydrogen) atoms. The zero-order valence-corrected chi connectivity index (χ0v) is 16.2. The van der Waals surface area contributed by atoms with Crippen LogP contribution in [0.1, 0.15) is 26.7 Å². The van der Waals surface area contributed by atoms with Crippen LogP contribution >= 0.6 is 0 Å². The van der Waals surface area contributed by atoms with E-state index in [4.69, 9.17) is 9.15 Å². The Morgan fingerprint density at radius 3 is 2.21 bits per heavy atom. The first-order chi connectivity index (χ1) is 13.8. The standard InChI is InChI=1S/C20H18N2O6S/c1-29(25,26)17-10-7-14(8-11-17)19(23)21-22-20(24)18-12-9-16(28-18)13-27-15-5-3-2-4-6-15/h2-12H,13H2,1H3,(H,21,23)(H,22,24). The Labute approximate surface area is 167 Å². The smallest absolute Gasteiger partial charge is 0.305 e. The second-order valence-electron chi connectivity index (χ2n) is 6.07. The fourth-order valence-electron chi connectivity index (χ4n) is 2.35. The summed E-state index contributed by atoms with van der Waals surface area (Å²) >= 11 is 0. The van der Waals surface area contributed by atoms with Gasteiger partial charge in [-0.25, -0.2) is 8.42 Å². The summed E-state index contributed by atoms with van der Waals surface area (Å²) in [5.74, 6) is -0.121. The molecule has 0 saturated carbocycles. The number of hydrazine groups is 1. The third-order valence-corrected chi connectivity index (χ3v) is 4.97. The molecular weight excluding hydrogens is 396 g/mol. The van der Waals surface area contributed by atoms with Crippen molar-refractivity contribution in [2.75, 3.05) is 6.26 Å². The Kier molecular flexibility index (Phi) is 5.99. The van der Waals surface area contributed by atoms with Crippen molar-refractivity contribution in [3.8, 4) is 5.75 Å². The average Bonchev–Trinajstić information content (AvgIpc) is 3.19. The summed E-state index contributed by atoms with van der Waals surface area (Å²) in [6.07, 6.45) is 1.07. The number of nitrogens with one attached hydrogen (secondary N) is 2. The number of amides is 2. The summed E-state index contributed by atoms with van der Waals surface area (Å²) in [6, 6.07) is 17.6. The molecule has 2 aromatic carbocycles. The minimum absolute atomic E-state index is 0.00406. The summed E-state index contributed by atoms with van der Waals surface area (Å²) in [7, 11) is -3.35. The summed E-state index contributed by atoms with van der Waals surface area (Å²) in [5, 5.41) is 0. The maximum absolute atomic E-state index is 12.1. The summed E-state index contributed by atoms with van der Waals surface area (Å²) < 4.78 is 33.8. The zero-order chi connectivity index (χ0) is 20.9. The Balaban J connectivity index is 1.52. The van der Waals surface area contributed by atoms with Gasteiger partial charge in [0.15, 0.2) is 15.6 Å². The first-order valence-electron chi connectivity index (χ1n) is 8.50. The third kappa shape index (κ3) is 5.45. The van der Waals surface area contributed by atoms with Gasteiger partial charge < -0.3 is 9.15 Å². The topological polar surface area (TPSA) is 115 Å². The van der Waals surface area contributed by atoms with Gasteiger partial charge in [0, 0.05) is 11.8 Å². The maximum Gasteiger partial charge on any atom is 0.305 e. The molecule has 2 amide bonds. The lowest BCUT2D eigenvalue weighted by Crippen LogP contribution is -2.41. The number of carbonyl (C=O) groups is 2. The lowest BCUT2D eigenvalue weighted by atomic mass is 10.2. The lowest BCUT2D eigenvalue weighted by Gasteiger charge is -2.07. The number of benzene rings is 2. The van der Waals surface area contributed by atoms with Gasteiger partial charge in [-0.05, 0) is 48.5 Å². The van der Waals surface area contributed by atoms with Crippen molar-refractivity contribution < 1.29 is 27.2 Å². The Morgan fingerprint density at radius 1 is 0.897 bits per heavy atom. The zero-order valence-electron chi connectivity index (χ0n) is 15.4. The van der Waals surface area contributed by atoms with Crippen LogP contribution in [0.15, 0.2) is 76.0 Å². The molecule has 0 unspecified atom stereocenters. The average molecular weight is 414 g/mol. The molecule has 0 aliphatic rings. The van der Waals surface area contributed by atoms with Crippen LogP contribution in [0.2, 0.25) is 0 Å². The molecule has 0 fully saturated rings. The molecule has 0 atom stereocenters. The second-order valence-corrected chi connectivity index (χ2v) is 8.09. The highest BCUT2D eigenvalue weighted by Gasteiger charge is 2.14. The maximum atomic E-state index is 12.1. The molecule has 0 radical (unpaired) electrons. The van der Waals surface area contributed by atoms with Crippen LogP contribution in [0.25, 0.3) is 0 Å². The van der Waals surface area contributed by atoms with Gasteiger partial charge in [0.05, 0.1) is 4.90 Å². The van der Waals surface area contributed by atoms with Crippen LogP contribution in [0, 0.1) is 0 Å². The molecule has 0 aliphatic carbocycles. The van der Waals surface area contributed by atoms with Crippen molar-refractivity contribution in [1.29, 1.82) is 0 Å². The number of hydrogen-bond donors (Lipinski definition) is 2. The molecular formula is C20H18N2O6S. The van der Waals surface area contributed by atoms with Gasteiger partial charge >= 0.3 is 5.91 Å². The van der Waals surface area contributed by atoms with Crippen LogP contribution in [0.3, 0.4) is 0 Å². The predicted octanol–water partition coefficient (Wildman–Crippen LogP) is 2.34. The number of ether oxygens (including phenoxy) is 1. The number of carbonyl (C=O) groups excluding carboxylic acids is 2. The quantitative estimate of drug-likeness (QED) is 0.599. The Bertz CT molecular complexity index is 1110. The summed E-state index contributed by atoms with van der Waals surface area (Å²) in [6.45, 7) is 0.149. The Morgan fingerprint density at radius 2 is 1.55 bits per heavy atom. The van der Waals surface area contributed by atoms with E-state index in [1.807, 2.05) is 18.2 Å². The minimum atomic E-state index is -3.35. The molecule has 2 N–H and O–H groups in total. The summed E-state index contributed by atoms with van der Waals surface area (Å²) in [4.78, 5) is 24.3. The van der Waals surface area contributed by atoms with Gasteiger partial charge in [0.2, 0.25) is 0 Å². The fourth-order valence-corrected chi connectivity index (χ4v) is 2.98. The van der Waals surface area contributed by atoms with Crippen molar-refractivity contribution in [1.82, 2.24) is 10.9 Å². The van der Waals surface area contributed by atoms with E-state index >= 15 is 0 Å². The number of rotatable bonds is 6. The van der Waals surface area contributed by atoms with Gasteiger partial charge in [-0.2, -0.15) is 0 Å². The van der Waals surface area contributed by atoms with Crippen LogP contribution in [0.5, 0.6) is 5.75 Å². The van der Waals surface area contributed by atoms with Crippen molar-refractivity contribution in [3.05, 3.63) is 83.8 Å². The highest BCUT2D eigenvalue weighted by Crippen LogP contribution is 2.14. The monoisotopic (exact) mass is 414 g/mol. The van der Waals surface area contributed by atoms with Crippen molar-refractivity contribution in [2.24, 2.45) is 0 Å². The molecule has 0 saturated heterocycles. The number of furan rings is 1. The van der Waals surface area contributed by atoms with E-state index in [1.165, 1.54) is 30.3 Å². The molecule has 1 aromatic heterocycles. The first kappa shape index (κ1) is 20.2. The molecule has 8 nitrogen and oxygen atoms in total. The van der Waals surface area contributed by atoms with E-state index in [2.05, 4.69) is 10.9 Å². The molecule has 1 heterocycles. The van der Waals surface area contributed by atoms with Crippen LogP contribution in [-0.2, 0) is 16.4 Å². The second kappa shape index (κ2) is 8.61. The van der Waals surface area contributed by atoms with Crippen LogP contribution in [0.4, 0.5) is 0 Å². The fraction of sp³-hybridized carbons (Fsp3) is 0.100. The SMILES string of the molecule is CS(=O)(=O)c1ccc(C(=O)NNC(=O)c2ccc(COc3ccccc3)o2)cc1. The molecule has 3 rings (SSSR count). The van der Waals surface area contributed by atoms with Gasteiger partial charge in [-0.15, -0.1) is 0 Å². The number of hydrogen-bond acceptors (Lipinski definition) is 6. The van der Waals surface area contributed by atoms with E-state index in [1.54, 1.807) is 18.2 Å². The third-order valence-electron chi connectivity index (χ3n) is 3.84. The summed E-state index contributed by atoms with van der Waals surface area (Å²) in [5.41, 5.74) is 4.67. The van der Waals surface area contributed by atoms with E-state index < -0.39 is 21.7 Å². The Hall–Kier alpha value is -3.59. The van der Waals surface area contributed by atoms with Crippen molar-refractivity contribution in [3.63, 3.8) is 0 Å². The van der Waals surface area contributed by atoms with Crippen LogP contribution < -0.4 is 15.6 Å². The lowest BCUT2D eigenvalue weighted by molar-refractivity contribution is 0.0828. The van der Waals surface area contributed by atoms with Gasteiger partial charge in [-0.3, -0.25) is 20.4 Å². The molecule has 3 aromatic rings. The minimum Gasteiger partial charge on any atom is -0.486 e. The van der Waals surface area contributed by atoms with Crippen LogP contribution in [-0.4, -0.2) is 26.5 Å². The van der Waals surface area contributed by atoms with E-state index in [0.29, 0.717) is 11.5 Å². The first-order valence-corrected chi connectivity index (χ1v) is 10.4. The van der Waals surface area contributed by atoms with E-state index in [-0.39, 0.29) is 22.8 Å². The normalized spacial score (nSPS) is 10.9. The molecule has 0 spiro atoms. The molecule has 0 bridgehead atoms. The van der Waals surface area contributed by atoms with Gasteiger partial charge in [-0.1, -0.05) is 18.2 Å².